The first kappa shape index (κ1) is 16.1. The molecule has 1 aromatic heterocycles. The molecule has 0 unspecified atom stereocenters. The highest BCUT2D eigenvalue weighted by Crippen LogP contribution is 2.41. The van der Waals surface area contributed by atoms with E-state index in [1.165, 1.54) is 23.3 Å². The van der Waals surface area contributed by atoms with Gasteiger partial charge in [0, 0.05) is 0 Å². The van der Waals surface area contributed by atoms with Crippen LogP contribution in [0.25, 0.3) is 11.0 Å². The number of para-hydroxylation sites is 2. The molecule has 0 saturated carbocycles. The molecule has 3 nitrogen and oxygen atoms in total. The molecule has 0 fully saturated rings. The van der Waals surface area contributed by atoms with Crippen LogP contribution in [-0.4, -0.2) is 9.55 Å². The maximum Gasteiger partial charge on any atom is 0.204 e. The molecule has 4 heteroatoms. The monoisotopic (exact) mass is 357 g/mol. The van der Waals surface area contributed by atoms with Crippen LogP contribution in [0.2, 0.25) is 0 Å². The summed E-state index contributed by atoms with van der Waals surface area (Å²) in [6.45, 7) is 2.12. The number of hydrogen-bond donors (Lipinski definition) is 1. The fourth-order valence-corrected chi connectivity index (χ4v) is 4.08. The Bertz CT molecular complexity index is 1110. The maximum atomic E-state index is 13.4. The van der Waals surface area contributed by atoms with Crippen molar-refractivity contribution in [1.29, 1.82) is 0 Å². The van der Waals surface area contributed by atoms with Crippen molar-refractivity contribution in [3.05, 3.63) is 95.3 Å². The molecule has 2 heterocycles. The van der Waals surface area contributed by atoms with Gasteiger partial charge in [0.15, 0.2) is 0 Å². The third kappa shape index (κ3) is 2.78. The van der Waals surface area contributed by atoms with Gasteiger partial charge in [0.05, 0.1) is 23.1 Å². The van der Waals surface area contributed by atoms with Crippen molar-refractivity contribution >= 4 is 17.0 Å². The zero-order chi connectivity index (χ0) is 18.4. The quantitative estimate of drug-likeness (QED) is 0.504. The number of nitrogens with one attached hydrogen (secondary N) is 1. The molecule has 0 amide bonds. The van der Waals surface area contributed by atoms with Crippen molar-refractivity contribution in [2.45, 2.75) is 25.4 Å². The van der Waals surface area contributed by atoms with Gasteiger partial charge in [-0.1, -0.05) is 54.1 Å². The molecule has 1 N–H and O–H groups in total. The van der Waals surface area contributed by atoms with E-state index in [4.69, 9.17) is 4.98 Å². The molecule has 4 aromatic rings. The van der Waals surface area contributed by atoms with Gasteiger partial charge in [-0.3, -0.25) is 0 Å². The Labute approximate surface area is 157 Å². The second-order valence-corrected chi connectivity index (χ2v) is 7.21. The Kier molecular flexibility index (Phi) is 3.71. The van der Waals surface area contributed by atoms with E-state index < -0.39 is 0 Å². The predicted octanol–water partition coefficient (Wildman–Crippen LogP) is 5.63. The maximum absolute atomic E-state index is 13.4. The molecule has 1 aliphatic rings. The molecule has 2 atom stereocenters. The first-order valence-corrected chi connectivity index (χ1v) is 9.24. The normalized spacial score (nSPS) is 18.9. The van der Waals surface area contributed by atoms with Crippen molar-refractivity contribution in [3.8, 4) is 0 Å². The summed E-state index contributed by atoms with van der Waals surface area (Å²) in [5, 5.41) is 3.57. The first-order chi connectivity index (χ1) is 13.2. The van der Waals surface area contributed by atoms with Gasteiger partial charge in [0.1, 0.15) is 5.82 Å². The number of hydrogen-bond acceptors (Lipinski definition) is 2. The van der Waals surface area contributed by atoms with Crippen molar-refractivity contribution in [1.82, 2.24) is 9.55 Å². The van der Waals surface area contributed by atoms with Gasteiger partial charge in [0.25, 0.3) is 0 Å². The molecule has 0 spiro atoms. The molecule has 0 aliphatic carbocycles. The van der Waals surface area contributed by atoms with Crippen LogP contribution in [-0.2, 0) is 0 Å². The number of anilines is 1. The van der Waals surface area contributed by atoms with Crippen LogP contribution >= 0.6 is 0 Å². The predicted molar refractivity (Wildman–Crippen MR) is 106 cm³/mol. The minimum atomic E-state index is -0.211. The van der Waals surface area contributed by atoms with E-state index in [1.54, 1.807) is 0 Å². The number of fused-ring (bicyclic) bond motifs is 3. The minimum Gasteiger partial charge on any atom is -0.349 e. The zero-order valence-electron chi connectivity index (χ0n) is 15.1. The second-order valence-electron chi connectivity index (χ2n) is 7.21. The standard InChI is InChI=1S/C23H20FN3/c1-15-5-4-6-17(13-15)22-14-20(16-9-11-18(24)12-10-16)26-23-25-19-7-2-3-8-21(19)27(22)23/h2-13,20,22H,14H2,1H3,(H,25,26)/t20-,22-/m1/s1. The number of aromatic nitrogens is 2. The number of nitrogens with zero attached hydrogens (tertiary/aromatic N) is 2. The number of benzene rings is 3. The number of halogens is 1. The van der Waals surface area contributed by atoms with E-state index in [0.717, 1.165) is 29.0 Å². The third-order valence-electron chi connectivity index (χ3n) is 5.37. The Morgan fingerprint density at radius 2 is 1.78 bits per heavy atom. The highest BCUT2D eigenvalue weighted by atomic mass is 19.1. The molecule has 0 bridgehead atoms. The second kappa shape index (κ2) is 6.23. The van der Waals surface area contributed by atoms with Crippen molar-refractivity contribution in [2.75, 3.05) is 5.32 Å². The zero-order valence-corrected chi connectivity index (χ0v) is 15.1. The van der Waals surface area contributed by atoms with Crippen LogP contribution in [0.1, 0.15) is 35.2 Å². The van der Waals surface area contributed by atoms with Crippen molar-refractivity contribution < 1.29 is 4.39 Å². The van der Waals surface area contributed by atoms with Crippen LogP contribution in [0.15, 0.2) is 72.8 Å². The van der Waals surface area contributed by atoms with Gasteiger partial charge < -0.3 is 9.88 Å². The largest absolute Gasteiger partial charge is 0.349 e. The number of rotatable bonds is 2. The van der Waals surface area contributed by atoms with Crippen LogP contribution in [0.3, 0.4) is 0 Å². The van der Waals surface area contributed by atoms with Gasteiger partial charge in [-0.2, -0.15) is 0 Å². The van der Waals surface area contributed by atoms with Crippen LogP contribution in [0.5, 0.6) is 0 Å². The lowest BCUT2D eigenvalue weighted by atomic mass is 9.92. The lowest BCUT2D eigenvalue weighted by molar-refractivity contribution is 0.477. The molecule has 1 aliphatic heterocycles. The topological polar surface area (TPSA) is 29.9 Å². The summed E-state index contributed by atoms with van der Waals surface area (Å²) in [5.41, 5.74) is 5.71. The Balaban J connectivity index is 1.67. The molecule has 5 rings (SSSR count). The van der Waals surface area contributed by atoms with Gasteiger partial charge in [-0.25, -0.2) is 9.37 Å². The van der Waals surface area contributed by atoms with Crippen LogP contribution < -0.4 is 5.32 Å². The summed E-state index contributed by atoms with van der Waals surface area (Å²) in [6.07, 6.45) is 0.877. The first-order valence-electron chi connectivity index (χ1n) is 9.24. The van der Waals surface area contributed by atoms with E-state index in [1.807, 2.05) is 24.3 Å². The van der Waals surface area contributed by atoms with Crippen LogP contribution in [0.4, 0.5) is 10.3 Å². The molecule has 3 aromatic carbocycles. The minimum absolute atomic E-state index is 0.0837. The molecular formula is C23H20FN3. The summed E-state index contributed by atoms with van der Waals surface area (Å²) >= 11 is 0. The third-order valence-corrected chi connectivity index (χ3v) is 5.37. The number of imidazole rings is 1. The Morgan fingerprint density at radius 3 is 2.59 bits per heavy atom. The summed E-state index contributed by atoms with van der Waals surface area (Å²) < 4.78 is 15.7. The molecule has 134 valence electrons. The summed E-state index contributed by atoms with van der Waals surface area (Å²) in [5.74, 6) is 0.653. The molecule has 27 heavy (non-hydrogen) atoms. The Morgan fingerprint density at radius 1 is 0.963 bits per heavy atom. The SMILES string of the molecule is Cc1cccc([C@H]2C[C@H](c3ccc(F)cc3)Nc3nc4ccccc4n32)c1. The smallest absolute Gasteiger partial charge is 0.204 e. The van der Waals surface area contributed by atoms with Crippen molar-refractivity contribution in [2.24, 2.45) is 0 Å². The van der Waals surface area contributed by atoms with Gasteiger partial charge in [-0.05, 0) is 48.7 Å². The fraction of sp³-hybridized carbons (Fsp3) is 0.174. The van der Waals surface area contributed by atoms with E-state index >= 15 is 0 Å². The summed E-state index contributed by atoms with van der Waals surface area (Å²) in [7, 11) is 0. The van der Waals surface area contributed by atoms with Gasteiger partial charge in [-0.15, -0.1) is 0 Å². The lowest BCUT2D eigenvalue weighted by Gasteiger charge is -2.33. The lowest BCUT2D eigenvalue weighted by Crippen LogP contribution is -2.27. The summed E-state index contributed by atoms with van der Waals surface area (Å²) in [4.78, 5) is 4.82. The van der Waals surface area contributed by atoms with E-state index in [-0.39, 0.29) is 17.9 Å². The molecule has 0 saturated heterocycles. The van der Waals surface area contributed by atoms with Gasteiger partial charge in [0.2, 0.25) is 5.95 Å². The number of aryl methyl sites for hydroxylation is 1. The fourth-order valence-electron chi connectivity index (χ4n) is 4.08. The van der Waals surface area contributed by atoms with E-state index in [2.05, 4.69) is 53.2 Å². The summed E-state index contributed by atoms with van der Waals surface area (Å²) in [6, 6.07) is 23.9. The van der Waals surface area contributed by atoms with Crippen molar-refractivity contribution in [3.63, 3.8) is 0 Å². The van der Waals surface area contributed by atoms with E-state index in [9.17, 15) is 4.39 Å². The molecule has 0 radical (unpaired) electrons. The average Bonchev–Trinajstić information content (AvgIpc) is 3.06. The highest BCUT2D eigenvalue weighted by Gasteiger charge is 2.30. The average molecular weight is 357 g/mol. The van der Waals surface area contributed by atoms with E-state index in [0.29, 0.717) is 0 Å². The Hall–Kier alpha value is -3.14. The molecular weight excluding hydrogens is 337 g/mol. The van der Waals surface area contributed by atoms with Gasteiger partial charge >= 0.3 is 0 Å². The van der Waals surface area contributed by atoms with Crippen LogP contribution in [0, 0.1) is 12.7 Å². The highest BCUT2D eigenvalue weighted by molar-refractivity contribution is 5.79.